The highest BCUT2D eigenvalue weighted by atomic mass is 32.2. The Kier molecular flexibility index (Phi) is 8.95. The Hall–Kier alpha value is -2.58. The van der Waals surface area contributed by atoms with Crippen LogP contribution in [0.1, 0.15) is 11.1 Å². The van der Waals surface area contributed by atoms with Gasteiger partial charge in [-0.3, -0.25) is 4.99 Å². The molecule has 2 aromatic rings. The molecule has 0 aliphatic carbocycles. The third-order valence-electron chi connectivity index (χ3n) is 4.00. The molecule has 0 aliphatic heterocycles. The first kappa shape index (κ1) is 22.7. The van der Waals surface area contributed by atoms with E-state index in [9.17, 15) is 8.42 Å². The molecule has 0 unspecified atom stereocenters. The predicted octanol–water partition coefficient (Wildman–Crippen LogP) is 2.51. The number of nitrogens with zero attached hydrogens (tertiary/aromatic N) is 1. The molecule has 0 bridgehead atoms. The van der Waals surface area contributed by atoms with Crippen molar-refractivity contribution in [1.29, 1.82) is 0 Å². The zero-order valence-electron chi connectivity index (χ0n) is 17.1. The lowest BCUT2D eigenvalue weighted by Gasteiger charge is -2.15. The van der Waals surface area contributed by atoms with E-state index in [0.717, 1.165) is 22.6 Å². The number of benzene rings is 2. The first-order valence-corrected chi connectivity index (χ1v) is 11.5. The van der Waals surface area contributed by atoms with Gasteiger partial charge in [-0.1, -0.05) is 30.3 Å². The third-order valence-corrected chi connectivity index (χ3v) is 4.91. The third kappa shape index (κ3) is 8.97. The SMILES string of the molecule is CN=C(NCCOCCS(C)(=O)=O)NCc1ccc(C)cc1Oc1ccccc1. The van der Waals surface area contributed by atoms with Gasteiger partial charge in [-0.25, -0.2) is 8.42 Å². The van der Waals surface area contributed by atoms with E-state index < -0.39 is 9.84 Å². The Balaban J connectivity index is 1.84. The van der Waals surface area contributed by atoms with Gasteiger partial charge in [-0.15, -0.1) is 0 Å². The van der Waals surface area contributed by atoms with Crippen LogP contribution in [0.5, 0.6) is 11.5 Å². The van der Waals surface area contributed by atoms with Crippen LogP contribution in [0.3, 0.4) is 0 Å². The van der Waals surface area contributed by atoms with Gasteiger partial charge in [0.2, 0.25) is 0 Å². The summed E-state index contributed by atoms with van der Waals surface area (Å²) in [7, 11) is -1.30. The van der Waals surface area contributed by atoms with Crippen LogP contribution in [-0.2, 0) is 21.1 Å². The van der Waals surface area contributed by atoms with Gasteiger partial charge in [0, 0.05) is 32.0 Å². The minimum absolute atomic E-state index is 0.0254. The molecule has 0 fully saturated rings. The molecular weight excluding hydrogens is 390 g/mol. The number of hydrogen-bond donors (Lipinski definition) is 2. The number of ether oxygens (including phenoxy) is 2. The van der Waals surface area contributed by atoms with Crippen LogP contribution in [0.2, 0.25) is 0 Å². The van der Waals surface area contributed by atoms with E-state index in [2.05, 4.69) is 15.6 Å². The highest BCUT2D eigenvalue weighted by Gasteiger charge is 2.07. The topological polar surface area (TPSA) is 89.0 Å². The molecule has 0 radical (unpaired) electrons. The van der Waals surface area contributed by atoms with Gasteiger partial charge in [0.1, 0.15) is 21.3 Å². The number of rotatable bonds is 10. The fourth-order valence-corrected chi connectivity index (χ4v) is 2.89. The van der Waals surface area contributed by atoms with Crippen LogP contribution in [-0.4, -0.2) is 53.2 Å². The maximum Gasteiger partial charge on any atom is 0.191 e. The normalized spacial score (nSPS) is 11.9. The molecule has 0 heterocycles. The summed E-state index contributed by atoms with van der Waals surface area (Å²) < 4.78 is 33.5. The van der Waals surface area contributed by atoms with Gasteiger partial charge >= 0.3 is 0 Å². The van der Waals surface area contributed by atoms with E-state index in [1.54, 1.807) is 7.05 Å². The molecular formula is C21H29N3O4S. The maximum atomic E-state index is 11.1. The second-order valence-electron chi connectivity index (χ2n) is 6.62. The van der Waals surface area contributed by atoms with Gasteiger partial charge in [-0.2, -0.15) is 0 Å². The number of nitrogens with one attached hydrogen (secondary N) is 2. The lowest BCUT2D eigenvalue weighted by Crippen LogP contribution is -2.38. The Morgan fingerprint density at radius 3 is 2.52 bits per heavy atom. The molecule has 2 aromatic carbocycles. The van der Waals surface area contributed by atoms with Crippen molar-refractivity contribution in [2.24, 2.45) is 4.99 Å². The summed E-state index contributed by atoms with van der Waals surface area (Å²) >= 11 is 0. The van der Waals surface area contributed by atoms with E-state index >= 15 is 0 Å². The van der Waals surface area contributed by atoms with Crippen LogP contribution in [0.15, 0.2) is 53.5 Å². The first-order chi connectivity index (χ1) is 13.9. The number of hydrogen-bond acceptors (Lipinski definition) is 5. The van der Waals surface area contributed by atoms with Crippen LogP contribution in [0.25, 0.3) is 0 Å². The van der Waals surface area contributed by atoms with Gasteiger partial charge in [0.25, 0.3) is 0 Å². The lowest BCUT2D eigenvalue weighted by molar-refractivity contribution is 0.154. The van der Waals surface area contributed by atoms with Gasteiger partial charge in [0.05, 0.1) is 19.0 Å². The van der Waals surface area contributed by atoms with Crippen molar-refractivity contribution in [2.45, 2.75) is 13.5 Å². The molecule has 29 heavy (non-hydrogen) atoms. The second kappa shape index (κ2) is 11.4. The number of aryl methyl sites for hydroxylation is 1. The Morgan fingerprint density at radius 1 is 1.07 bits per heavy atom. The summed E-state index contributed by atoms with van der Waals surface area (Å²) in [6, 6.07) is 15.7. The zero-order chi connectivity index (χ0) is 21.1. The van der Waals surface area contributed by atoms with Crippen LogP contribution in [0.4, 0.5) is 0 Å². The molecule has 2 N–H and O–H groups in total. The summed E-state index contributed by atoms with van der Waals surface area (Å²) in [5, 5.41) is 6.40. The number of para-hydroxylation sites is 1. The maximum absolute atomic E-state index is 11.1. The molecule has 8 heteroatoms. The van der Waals surface area contributed by atoms with Crippen LogP contribution < -0.4 is 15.4 Å². The van der Waals surface area contributed by atoms with Crippen molar-refractivity contribution in [1.82, 2.24) is 10.6 Å². The minimum atomic E-state index is -2.99. The molecule has 0 atom stereocenters. The molecule has 7 nitrogen and oxygen atoms in total. The molecule has 0 saturated heterocycles. The summed E-state index contributed by atoms with van der Waals surface area (Å²) in [4.78, 5) is 4.19. The quantitative estimate of drug-likeness (QED) is 0.349. The lowest BCUT2D eigenvalue weighted by atomic mass is 10.1. The van der Waals surface area contributed by atoms with E-state index in [-0.39, 0.29) is 12.4 Å². The molecule has 0 spiro atoms. The molecule has 0 saturated carbocycles. The molecule has 2 rings (SSSR count). The minimum Gasteiger partial charge on any atom is -0.457 e. The summed E-state index contributed by atoms with van der Waals surface area (Å²) in [5.74, 6) is 2.23. The molecule has 0 aliphatic rings. The average molecular weight is 420 g/mol. The van der Waals surface area contributed by atoms with Crippen molar-refractivity contribution < 1.29 is 17.9 Å². The number of guanidine groups is 1. The first-order valence-electron chi connectivity index (χ1n) is 9.40. The highest BCUT2D eigenvalue weighted by molar-refractivity contribution is 7.90. The van der Waals surface area contributed by atoms with E-state index in [1.165, 1.54) is 6.26 Å². The summed E-state index contributed by atoms with van der Waals surface area (Å²) in [5.41, 5.74) is 2.13. The second-order valence-corrected chi connectivity index (χ2v) is 8.88. The number of aliphatic imine (C=N–C) groups is 1. The monoisotopic (exact) mass is 419 g/mol. The molecule has 0 aromatic heterocycles. The van der Waals surface area contributed by atoms with Crippen molar-refractivity contribution in [3.05, 3.63) is 59.7 Å². The van der Waals surface area contributed by atoms with Crippen molar-refractivity contribution >= 4 is 15.8 Å². The predicted molar refractivity (Wildman–Crippen MR) is 116 cm³/mol. The van der Waals surface area contributed by atoms with Crippen molar-refractivity contribution in [3.8, 4) is 11.5 Å². The number of sulfone groups is 1. The Bertz CT molecular complexity index is 899. The fourth-order valence-electron chi connectivity index (χ4n) is 2.47. The Morgan fingerprint density at radius 2 is 1.83 bits per heavy atom. The van der Waals surface area contributed by atoms with Gasteiger partial charge < -0.3 is 20.1 Å². The standard InChI is InChI=1S/C21H29N3O4S/c1-17-9-10-18(20(15-17)28-19-7-5-4-6-8-19)16-24-21(22-2)23-11-12-27-13-14-29(3,25)26/h4-10,15H,11-14,16H2,1-3H3,(H2,22,23,24). The van der Waals surface area contributed by atoms with Crippen LogP contribution >= 0.6 is 0 Å². The van der Waals surface area contributed by atoms with E-state index in [1.807, 2.05) is 55.5 Å². The van der Waals surface area contributed by atoms with Gasteiger partial charge in [0.15, 0.2) is 5.96 Å². The Labute approximate surface area is 173 Å². The molecule has 0 amide bonds. The van der Waals surface area contributed by atoms with Crippen molar-refractivity contribution in [2.75, 3.05) is 38.8 Å². The summed E-state index contributed by atoms with van der Waals surface area (Å²) in [6.45, 7) is 3.67. The van der Waals surface area contributed by atoms with Gasteiger partial charge in [-0.05, 0) is 30.7 Å². The summed E-state index contributed by atoms with van der Waals surface area (Å²) in [6.07, 6.45) is 1.20. The average Bonchev–Trinajstić information content (AvgIpc) is 2.68. The fraction of sp³-hybridized carbons (Fsp3) is 0.381. The highest BCUT2D eigenvalue weighted by Crippen LogP contribution is 2.26. The largest absolute Gasteiger partial charge is 0.457 e. The zero-order valence-corrected chi connectivity index (χ0v) is 18.0. The van der Waals surface area contributed by atoms with E-state index in [0.29, 0.717) is 25.7 Å². The van der Waals surface area contributed by atoms with Crippen molar-refractivity contribution in [3.63, 3.8) is 0 Å². The smallest absolute Gasteiger partial charge is 0.191 e. The molecule has 158 valence electrons. The van der Waals surface area contributed by atoms with E-state index in [4.69, 9.17) is 9.47 Å². The van der Waals surface area contributed by atoms with Crippen LogP contribution in [0, 0.1) is 6.92 Å².